The number of rotatable bonds is 11. The number of halogens is 3. The van der Waals surface area contributed by atoms with Crippen molar-refractivity contribution in [1.82, 2.24) is 15.3 Å². The second-order valence-corrected chi connectivity index (χ2v) is 26.9. The summed E-state index contributed by atoms with van der Waals surface area (Å²) in [4.78, 5) is 95.0. The lowest BCUT2D eigenvalue weighted by atomic mass is 9.73. The van der Waals surface area contributed by atoms with E-state index in [4.69, 9.17) is 30.5 Å². The number of thiophene rings is 2. The minimum Gasteiger partial charge on any atom is -0.462 e. The molecule has 3 N–H and O–H groups in total. The molecule has 0 unspecified atom stereocenters. The average molecular weight is 1360 g/mol. The van der Waals surface area contributed by atoms with E-state index >= 15 is 8.78 Å². The van der Waals surface area contributed by atoms with E-state index in [0.29, 0.717) is 69.6 Å². The molecule has 10 heterocycles. The summed E-state index contributed by atoms with van der Waals surface area (Å²) in [6.45, 7) is 15.9. The molecule has 500 valence electrons. The number of nitrogens with zero attached hydrogens (tertiary/aromatic N) is 5. The molecule has 0 atom stereocenters. The van der Waals surface area contributed by atoms with Crippen LogP contribution in [-0.4, -0.2) is 124 Å². The van der Waals surface area contributed by atoms with E-state index in [1.165, 1.54) is 72.9 Å². The Kier molecular flexibility index (Phi) is 21.2. The lowest BCUT2D eigenvalue weighted by Gasteiger charge is -2.53. The molecule has 96 heavy (non-hydrogen) atoms. The van der Waals surface area contributed by atoms with Crippen molar-refractivity contribution in [3.05, 3.63) is 193 Å². The number of amides is 4. The van der Waals surface area contributed by atoms with Crippen LogP contribution in [0.2, 0.25) is 5.15 Å². The van der Waals surface area contributed by atoms with Gasteiger partial charge in [-0.15, -0.1) is 22.7 Å². The van der Waals surface area contributed by atoms with Crippen LogP contribution in [0.1, 0.15) is 130 Å². The third-order valence-electron chi connectivity index (χ3n) is 18.0. The third kappa shape index (κ3) is 14.6. The molecule has 0 bridgehead atoms. The van der Waals surface area contributed by atoms with Crippen LogP contribution in [0.25, 0.3) is 20.9 Å². The number of aromatic nitrogens is 2. The van der Waals surface area contributed by atoms with Crippen LogP contribution in [-0.2, 0) is 31.8 Å². The highest BCUT2D eigenvalue weighted by atomic mass is 35.5. The summed E-state index contributed by atoms with van der Waals surface area (Å²) >= 11 is 8.73. The van der Waals surface area contributed by atoms with Crippen LogP contribution in [0.15, 0.2) is 121 Å². The normalized spacial score (nSPS) is 16.1. The maximum absolute atomic E-state index is 15.7. The first kappa shape index (κ1) is 68.6. The number of anilines is 5. The zero-order valence-corrected chi connectivity index (χ0v) is 55.4. The van der Waals surface area contributed by atoms with Crippen molar-refractivity contribution in [2.24, 2.45) is 10.8 Å². The Balaban J connectivity index is 0.000000172. The Morgan fingerprint density at radius 2 is 1.02 bits per heavy atom. The molecule has 6 aliphatic rings. The zero-order chi connectivity index (χ0) is 66.5. The first-order chi connectivity index (χ1) is 45.9. The Bertz CT molecular complexity index is 4270. The molecule has 0 aliphatic carbocycles. The smallest absolute Gasteiger partial charge is 0.348 e. The van der Waals surface area contributed by atoms with Crippen molar-refractivity contribution in [1.29, 1.82) is 0 Å². The van der Waals surface area contributed by atoms with Crippen molar-refractivity contribution in [3.8, 4) is 20.9 Å². The summed E-state index contributed by atoms with van der Waals surface area (Å²) in [6, 6.07) is 33.2. The standard InChI is InChI=1S/C36H35FN4O5S.C29H23ClFN3O4S.C7H13NO.CH4/c1-3-46-35(44)30-18-23-12-15-41(29-7-5-4-6-26(29)31(23)47-30)34(43)25-11-9-24(19-28(25)37)39-33(42)27-10-8-22(2)38-32(27)40-20-36(21-40)13-16-45-17-14-36;1-3-38-29(37)24-14-17-12-13-34(23-7-5-4-6-20(23)25(17)39-24)28(36)19-11-9-18(15-22(19)31)33-27(35)21-10-8-16(2)32-26(21)30;1-3-9-4-2-7(1)5-8-6-7;/h4-11,18-19H,3,12-17,20-21H2,1-2H3,(H,39,42);4-11,14-15H,3,12-13H2,1-2H3,(H,33,35);8H,1-6H2;1H4. The van der Waals surface area contributed by atoms with Crippen LogP contribution in [0.5, 0.6) is 0 Å². The number of pyridine rings is 2. The van der Waals surface area contributed by atoms with Crippen molar-refractivity contribution in [2.45, 2.75) is 73.6 Å². The lowest BCUT2D eigenvalue weighted by Crippen LogP contribution is -2.59. The van der Waals surface area contributed by atoms with Crippen molar-refractivity contribution in [3.63, 3.8) is 0 Å². The highest BCUT2D eigenvalue weighted by Gasteiger charge is 2.45. The molecular formula is C73H75ClF2N8O10S2. The highest BCUT2D eigenvalue weighted by molar-refractivity contribution is 7.18. The van der Waals surface area contributed by atoms with Crippen molar-refractivity contribution in [2.75, 3.05) is 104 Å². The van der Waals surface area contributed by atoms with E-state index in [1.54, 1.807) is 73.0 Å². The lowest BCUT2D eigenvalue weighted by molar-refractivity contribution is -0.0130. The fraction of sp³-hybridized carbons (Fsp3) is 0.342. The Morgan fingerprint density at radius 3 is 1.46 bits per heavy atom. The van der Waals surface area contributed by atoms with Gasteiger partial charge in [-0.05, 0) is 168 Å². The number of para-hydroxylation sites is 2. The third-order valence-corrected chi connectivity index (χ3v) is 20.7. The van der Waals surface area contributed by atoms with Gasteiger partial charge in [0.05, 0.1) is 46.8 Å². The van der Waals surface area contributed by atoms with Gasteiger partial charge in [0, 0.05) is 115 Å². The number of carbonyl (C=O) groups is 6. The largest absolute Gasteiger partial charge is 0.462 e. The minimum atomic E-state index is -0.771. The molecule has 0 saturated carbocycles. The molecule has 23 heteroatoms. The molecule has 18 nitrogen and oxygen atoms in total. The van der Waals surface area contributed by atoms with E-state index in [9.17, 15) is 28.8 Å². The van der Waals surface area contributed by atoms with Gasteiger partial charge in [0.15, 0.2) is 0 Å². The summed E-state index contributed by atoms with van der Waals surface area (Å²) in [5.74, 6) is -3.57. The van der Waals surface area contributed by atoms with Crippen molar-refractivity contribution >= 4 is 98.4 Å². The van der Waals surface area contributed by atoms with Crippen molar-refractivity contribution < 1.29 is 56.5 Å². The zero-order valence-electron chi connectivity index (χ0n) is 53.0. The molecular weight excluding hydrogens is 1290 g/mol. The summed E-state index contributed by atoms with van der Waals surface area (Å²) in [5.41, 5.74) is 7.79. The number of esters is 2. The summed E-state index contributed by atoms with van der Waals surface area (Å²) in [5, 5.41) is 8.77. The summed E-state index contributed by atoms with van der Waals surface area (Å²) in [7, 11) is 0. The maximum atomic E-state index is 15.7. The first-order valence-electron chi connectivity index (χ1n) is 31.8. The summed E-state index contributed by atoms with van der Waals surface area (Å²) < 4.78 is 52.1. The van der Waals surface area contributed by atoms with Gasteiger partial charge in [-0.1, -0.05) is 55.4 Å². The van der Waals surface area contributed by atoms with Crippen LogP contribution in [0.4, 0.5) is 37.3 Å². The molecule has 6 aliphatic heterocycles. The minimum absolute atomic E-state index is 0. The quantitative estimate of drug-likeness (QED) is 0.0813. The highest BCUT2D eigenvalue weighted by Crippen LogP contribution is 2.46. The van der Waals surface area contributed by atoms with Crippen LogP contribution < -0.4 is 30.7 Å². The molecule has 4 fully saturated rings. The van der Waals surface area contributed by atoms with Crippen LogP contribution in [0, 0.1) is 36.3 Å². The van der Waals surface area contributed by atoms with E-state index in [2.05, 4.69) is 30.8 Å². The fourth-order valence-electron chi connectivity index (χ4n) is 12.8. The predicted molar refractivity (Wildman–Crippen MR) is 371 cm³/mol. The van der Waals surface area contributed by atoms with Crippen LogP contribution in [0.3, 0.4) is 0 Å². The molecule has 4 aromatic carbocycles. The van der Waals surface area contributed by atoms with Crippen LogP contribution >= 0.6 is 34.3 Å². The number of nitrogens with one attached hydrogen (secondary N) is 3. The molecule has 8 aromatic rings. The number of ether oxygens (including phenoxy) is 4. The molecule has 4 saturated heterocycles. The van der Waals surface area contributed by atoms with Gasteiger partial charge in [-0.2, -0.15) is 0 Å². The molecule has 4 amide bonds. The number of carbonyl (C=O) groups excluding carboxylic acids is 6. The van der Waals surface area contributed by atoms with E-state index < -0.39 is 35.3 Å². The molecule has 2 spiro atoms. The number of aryl methyl sites for hydroxylation is 2. The molecule has 14 rings (SSSR count). The van der Waals surface area contributed by atoms with E-state index in [-0.39, 0.29) is 71.2 Å². The number of benzene rings is 4. The van der Waals surface area contributed by atoms with Gasteiger partial charge in [-0.3, -0.25) is 19.2 Å². The Labute approximate surface area is 569 Å². The number of fused-ring (bicyclic) bond motifs is 6. The second-order valence-electron chi connectivity index (χ2n) is 24.4. The monoisotopic (exact) mass is 1360 g/mol. The SMILES string of the molecule is C.C1CC2(CCO1)CNC2.CCOC(=O)c1cc2c(s1)-c1ccccc1N(C(=O)c1ccc(NC(=O)c3ccc(C)nc3Cl)cc1F)CC2.CCOC(=O)c1cc2c(s1)-c1ccccc1N(C(=O)c1ccc(NC(=O)c3ccc(C)nc3N3CC4(CCOCC4)C3)cc1F)CC2. The van der Waals surface area contributed by atoms with Gasteiger partial charge in [0.25, 0.3) is 23.6 Å². The second kappa shape index (κ2) is 29.7. The van der Waals surface area contributed by atoms with Gasteiger partial charge >= 0.3 is 11.9 Å². The van der Waals surface area contributed by atoms with E-state index in [1.807, 2.05) is 55.5 Å². The van der Waals surface area contributed by atoms with Gasteiger partial charge < -0.3 is 49.6 Å². The van der Waals surface area contributed by atoms with Gasteiger partial charge in [-0.25, -0.2) is 28.3 Å². The van der Waals surface area contributed by atoms with E-state index in [0.717, 1.165) is 96.1 Å². The number of hydrogen-bond donors (Lipinski definition) is 3. The topological polar surface area (TPSA) is 211 Å². The number of hydrogen-bond acceptors (Lipinski definition) is 16. The Hall–Kier alpha value is -8.77. The first-order valence-corrected chi connectivity index (χ1v) is 33.8. The maximum Gasteiger partial charge on any atom is 0.348 e. The predicted octanol–water partition coefficient (Wildman–Crippen LogP) is 14.1. The fourth-order valence-corrected chi connectivity index (χ4v) is 15.3. The molecule has 0 radical (unpaired) electrons. The van der Waals surface area contributed by atoms with Gasteiger partial charge in [0.1, 0.15) is 32.4 Å². The Morgan fingerprint density at radius 1 is 0.583 bits per heavy atom. The average Bonchev–Trinajstić information content (AvgIpc) is 1.28. The summed E-state index contributed by atoms with van der Waals surface area (Å²) in [6.07, 6.45) is 5.51. The molecule has 4 aromatic heterocycles. The van der Waals surface area contributed by atoms with Gasteiger partial charge in [0.2, 0.25) is 0 Å².